The molecule has 1 rings (SSSR count). The van der Waals surface area contributed by atoms with Crippen molar-refractivity contribution in [3.63, 3.8) is 0 Å². The first-order chi connectivity index (χ1) is 4.86. The first-order valence-electron chi connectivity index (χ1n) is 3.02. The van der Waals surface area contributed by atoms with Crippen molar-refractivity contribution in [2.24, 2.45) is 5.73 Å². The van der Waals surface area contributed by atoms with E-state index in [0.717, 1.165) is 11.3 Å². The van der Waals surface area contributed by atoms with Gasteiger partial charge in [-0.1, -0.05) is 0 Å². The fraction of sp³-hybridized carbons (Fsp3) is 0.143. The molecule has 0 aliphatic heterocycles. The van der Waals surface area contributed by atoms with Crippen molar-refractivity contribution in [1.29, 1.82) is 0 Å². The molecule has 0 radical (unpaired) electrons. The van der Waals surface area contributed by atoms with E-state index in [4.69, 9.17) is 8.42 Å². The van der Waals surface area contributed by atoms with Gasteiger partial charge in [0.15, 0.2) is 0 Å². The van der Waals surface area contributed by atoms with Gasteiger partial charge in [0.25, 0.3) is 0 Å². The van der Waals surface area contributed by atoms with Crippen LogP contribution in [0.15, 0.2) is 24.3 Å². The van der Waals surface area contributed by atoms with Gasteiger partial charge in [0.1, 0.15) is 0 Å². The van der Waals surface area contributed by atoms with E-state index in [-0.39, 0.29) is 0 Å². The van der Waals surface area contributed by atoms with E-state index < -0.39 is 0 Å². The summed E-state index contributed by atoms with van der Waals surface area (Å²) in [6.45, 7) is 0.601. The molecule has 0 saturated carbocycles. The van der Waals surface area contributed by atoms with Gasteiger partial charge in [-0.25, -0.2) is 0 Å². The molecule has 2 N–H and O–H groups in total. The summed E-state index contributed by atoms with van der Waals surface area (Å²) in [6.07, 6.45) is 0. The average molecular weight is 327 g/mol. The van der Waals surface area contributed by atoms with Crippen LogP contribution in [0.3, 0.4) is 0 Å². The Kier molecular flexibility index (Phi) is 3.14. The van der Waals surface area contributed by atoms with Gasteiger partial charge in [0, 0.05) is 0 Å². The summed E-state index contributed by atoms with van der Waals surface area (Å²) in [4.78, 5) is 0. The Morgan fingerprint density at radius 2 is 1.90 bits per heavy atom. The van der Waals surface area contributed by atoms with Crippen LogP contribution in [0, 0.1) is 0 Å². The Morgan fingerprint density at radius 3 is 2.30 bits per heavy atom. The molecule has 10 heavy (non-hydrogen) atoms. The zero-order chi connectivity index (χ0) is 7.40. The Labute approximate surface area is 76.7 Å². The van der Waals surface area contributed by atoms with Crippen LogP contribution in [0.4, 0.5) is 0 Å². The molecule has 0 heterocycles. The molecule has 3 heteroatoms. The van der Waals surface area contributed by atoms with Gasteiger partial charge in [-0.2, -0.15) is 0 Å². The molecule has 0 aliphatic carbocycles. The Bertz CT molecular complexity index is 174. The van der Waals surface area contributed by atoms with Gasteiger partial charge in [0.2, 0.25) is 0 Å². The number of hydrogen-bond donors (Lipinski definition) is 1. The number of rotatable bonds is 2. The average Bonchev–Trinajstić information content (AvgIpc) is 2.05. The molecule has 0 amide bonds. The molecule has 2 nitrogen and oxygen atoms in total. The first kappa shape index (κ1) is 8.00. The predicted octanol–water partition coefficient (Wildman–Crippen LogP) is 0.608. The summed E-state index contributed by atoms with van der Waals surface area (Å²) in [6, 6.07) is 7.86. The zero-order valence-electron chi connectivity index (χ0n) is 5.58. The Morgan fingerprint density at radius 1 is 1.30 bits per heavy atom. The van der Waals surface area contributed by atoms with Crippen molar-refractivity contribution in [2.75, 3.05) is 0 Å². The maximum atomic E-state index is 5.41. The van der Waals surface area contributed by atoms with E-state index in [0.29, 0.717) is 32.8 Å². The maximum absolute atomic E-state index is 5.41. The zero-order valence-corrected chi connectivity index (χ0v) is 10.1. The molecular formula is C7H8NOTl. The quantitative estimate of drug-likeness (QED) is 0.808. The molecule has 0 aliphatic rings. The van der Waals surface area contributed by atoms with E-state index in [9.17, 15) is 0 Å². The molecule has 0 aromatic heterocycles. The van der Waals surface area contributed by atoms with Crippen LogP contribution in [0.5, 0.6) is 5.75 Å². The van der Waals surface area contributed by atoms with E-state index in [1.165, 1.54) is 0 Å². The van der Waals surface area contributed by atoms with Gasteiger partial charge >= 0.3 is 76.8 Å². The van der Waals surface area contributed by atoms with Crippen LogP contribution < -0.4 is 8.42 Å². The van der Waals surface area contributed by atoms with Crippen LogP contribution in [-0.4, -0.2) is 26.2 Å². The summed E-state index contributed by atoms with van der Waals surface area (Å²) in [5, 5.41) is 0. The van der Waals surface area contributed by atoms with E-state index in [2.05, 4.69) is 0 Å². The van der Waals surface area contributed by atoms with Crippen LogP contribution in [-0.2, 0) is 6.54 Å². The van der Waals surface area contributed by atoms with Crippen LogP contribution >= 0.6 is 0 Å². The number of nitrogens with two attached hydrogens (primary N) is 1. The first-order valence-corrected chi connectivity index (χ1v) is 4.86. The molecule has 1 aromatic carbocycles. The Hall–Kier alpha value is -0.0979. The van der Waals surface area contributed by atoms with Gasteiger partial charge in [-0.15, -0.1) is 0 Å². The van der Waals surface area contributed by atoms with Crippen molar-refractivity contribution in [1.82, 2.24) is 0 Å². The third-order valence-corrected chi connectivity index (χ3v) is 2.35. The van der Waals surface area contributed by atoms with Crippen molar-refractivity contribution in [2.45, 2.75) is 6.54 Å². The van der Waals surface area contributed by atoms with E-state index in [1.54, 1.807) is 0 Å². The molecular weight excluding hydrogens is 318 g/mol. The summed E-state index contributed by atoms with van der Waals surface area (Å²) in [5.41, 5.74) is 6.56. The summed E-state index contributed by atoms with van der Waals surface area (Å²) in [5.74, 6) is 0.946. The summed E-state index contributed by atoms with van der Waals surface area (Å²) in [7, 11) is 0. The van der Waals surface area contributed by atoms with Gasteiger partial charge in [-0.05, 0) is 0 Å². The number of benzene rings is 1. The van der Waals surface area contributed by atoms with Crippen molar-refractivity contribution < 1.29 is 2.69 Å². The van der Waals surface area contributed by atoms with Crippen molar-refractivity contribution >= 4 is 26.2 Å². The second-order valence-corrected chi connectivity index (χ2v) is 2.88. The molecule has 0 bridgehead atoms. The van der Waals surface area contributed by atoms with E-state index >= 15 is 0 Å². The monoisotopic (exact) mass is 327 g/mol. The summed E-state index contributed by atoms with van der Waals surface area (Å²) >= 11 is 0.564. The molecule has 50 valence electrons. The Balaban J connectivity index is 2.80. The third kappa shape index (κ3) is 1.95. The molecule has 1 aromatic rings. The van der Waals surface area contributed by atoms with Crippen molar-refractivity contribution in [3.8, 4) is 5.75 Å². The molecule has 0 fully saturated rings. The van der Waals surface area contributed by atoms with Crippen LogP contribution in [0.25, 0.3) is 0 Å². The predicted molar refractivity (Wildman–Crippen MR) is 40.7 cm³/mol. The fourth-order valence-electron chi connectivity index (χ4n) is 0.704. The fourth-order valence-corrected chi connectivity index (χ4v) is 1.31. The van der Waals surface area contributed by atoms with Crippen LogP contribution in [0.1, 0.15) is 5.56 Å². The van der Waals surface area contributed by atoms with E-state index in [1.807, 2.05) is 24.3 Å². The molecule has 0 atom stereocenters. The van der Waals surface area contributed by atoms with Gasteiger partial charge in [0.05, 0.1) is 0 Å². The minimum atomic E-state index is 0.564. The molecule has 0 unspecified atom stereocenters. The summed E-state index contributed by atoms with van der Waals surface area (Å²) < 4.78 is 5.14. The number of hydrogen-bond acceptors (Lipinski definition) is 2. The second kappa shape index (κ2) is 3.92. The second-order valence-electron chi connectivity index (χ2n) is 1.97. The molecule has 0 saturated heterocycles. The van der Waals surface area contributed by atoms with Gasteiger partial charge in [-0.3, -0.25) is 0 Å². The normalized spacial score (nSPS) is 9.20. The topological polar surface area (TPSA) is 35.2 Å². The third-order valence-electron chi connectivity index (χ3n) is 1.30. The van der Waals surface area contributed by atoms with Gasteiger partial charge < -0.3 is 0 Å². The minimum absolute atomic E-state index is 0.564. The SMILES string of the molecule is NCc1ccc([O][Tl])cc1. The van der Waals surface area contributed by atoms with Crippen LogP contribution in [0.2, 0.25) is 0 Å². The molecule has 0 spiro atoms. The van der Waals surface area contributed by atoms with Crippen molar-refractivity contribution in [3.05, 3.63) is 29.8 Å². The standard InChI is InChI=1S/C7H9NO.Tl/c8-5-6-1-3-7(9)4-2-6;/h1-4,9H,5,8H2;/q;+1/p-1.